The van der Waals surface area contributed by atoms with Gasteiger partial charge in [0.1, 0.15) is 4.88 Å². The van der Waals surface area contributed by atoms with Gasteiger partial charge < -0.3 is 14.8 Å². The number of benzene rings is 2. The molecule has 0 aliphatic heterocycles. The van der Waals surface area contributed by atoms with E-state index in [-0.39, 0.29) is 11.0 Å². The molecule has 8 heteroatoms. The molecule has 2 N–H and O–H groups in total. The average Bonchev–Trinajstić information content (AvgIpc) is 3.10. The van der Waals surface area contributed by atoms with Crippen molar-refractivity contribution in [1.82, 2.24) is 10.6 Å². The van der Waals surface area contributed by atoms with Crippen LogP contribution in [0.4, 0.5) is 0 Å². The summed E-state index contributed by atoms with van der Waals surface area (Å²) < 4.78 is 12.1. The molecule has 0 radical (unpaired) electrons. The molecule has 0 bridgehead atoms. The highest BCUT2D eigenvalue weighted by atomic mass is 35.5. The van der Waals surface area contributed by atoms with Crippen LogP contribution in [0.1, 0.15) is 35.0 Å². The molecule has 158 valence electrons. The van der Waals surface area contributed by atoms with Crippen molar-refractivity contribution in [2.24, 2.45) is 0 Å². The minimum atomic E-state index is -0.323. The Kier molecular flexibility index (Phi) is 7.90. The zero-order valence-corrected chi connectivity index (χ0v) is 19.2. The van der Waals surface area contributed by atoms with Crippen LogP contribution in [0.3, 0.4) is 0 Å². The first-order chi connectivity index (χ1) is 14.5. The molecule has 0 aliphatic carbocycles. The third kappa shape index (κ3) is 5.41. The second-order valence-electron chi connectivity index (χ2n) is 6.57. The van der Waals surface area contributed by atoms with Gasteiger partial charge in [-0.15, -0.1) is 11.3 Å². The summed E-state index contributed by atoms with van der Waals surface area (Å²) in [6, 6.07) is 13.3. The molecule has 0 atom stereocenters. The first-order valence-corrected chi connectivity index (χ1v) is 11.2. The second kappa shape index (κ2) is 10.6. The van der Waals surface area contributed by atoms with E-state index in [4.69, 9.17) is 33.3 Å². The number of hydrogen-bond acceptors (Lipinski definition) is 5. The van der Waals surface area contributed by atoms with Gasteiger partial charge in [-0.1, -0.05) is 49.2 Å². The van der Waals surface area contributed by atoms with Gasteiger partial charge in [-0.2, -0.15) is 0 Å². The molecule has 30 heavy (non-hydrogen) atoms. The summed E-state index contributed by atoms with van der Waals surface area (Å²) >= 11 is 13.0. The van der Waals surface area contributed by atoms with E-state index in [2.05, 4.69) is 17.6 Å². The van der Waals surface area contributed by atoms with Crippen LogP contribution < -0.4 is 20.1 Å². The van der Waals surface area contributed by atoms with E-state index in [1.54, 1.807) is 7.11 Å². The van der Waals surface area contributed by atoms with Gasteiger partial charge in [-0.25, -0.2) is 0 Å². The van der Waals surface area contributed by atoms with Crippen molar-refractivity contribution in [2.45, 2.75) is 26.3 Å². The number of fused-ring (bicyclic) bond motifs is 1. The fourth-order valence-corrected chi connectivity index (χ4v) is 4.39. The van der Waals surface area contributed by atoms with Crippen LogP contribution >= 0.6 is 35.2 Å². The molecule has 0 fully saturated rings. The van der Waals surface area contributed by atoms with Gasteiger partial charge in [0.2, 0.25) is 0 Å². The Labute approximate surface area is 190 Å². The van der Waals surface area contributed by atoms with Gasteiger partial charge in [-0.3, -0.25) is 10.1 Å². The highest BCUT2D eigenvalue weighted by molar-refractivity contribution is 7.80. The molecular weight excluding hydrogens is 440 g/mol. The molecule has 0 aliphatic rings. The maximum Gasteiger partial charge on any atom is 0.269 e. The van der Waals surface area contributed by atoms with Crippen molar-refractivity contribution in [1.29, 1.82) is 0 Å². The first kappa shape index (κ1) is 22.3. The quantitative estimate of drug-likeness (QED) is 0.339. The number of ether oxygens (including phenoxy) is 2. The lowest BCUT2D eigenvalue weighted by Crippen LogP contribution is -2.38. The number of amides is 1. The molecule has 5 nitrogen and oxygen atoms in total. The first-order valence-electron chi connectivity index (χ1n) is 9.59. The van der Waals surface area contributed by atoms with Crippen LogP contribution in [0.15, 0.2) is 42.5 Å². The normalized spacial score (nSPS) is 10.6. The molecule has 1 aromatic heterocycles. The van der Waals surface area contributed by atoms with Gasteiger partial charge in [0.15, 0.2) is 16.6 Å². The van der Waals surface area contributed by atoms with E-state index < -0.39 is 0 Å². The Bertz CT molecular complexity index is 1050. The standard InChI is InChI=1S/C22H23ClN2O3S2/c1-3-4-11-28-16-10-9-14(12-17(16)27-2)13-24-22(29)25-21(26)20-19(23)15-7-5-6-8-18(15)30-20/h5-10,12H,3-4,11,13H2,1-2H3,(H2,24,25,26,29). The van der Waals surface area contributed by atoms with Crippen molar-refractivity contribution in [2.75, 3.05) is 13.7 Å². The Morgan fingerprint density at radius 3 is 2.73 bits per heavy atom. The van der Waals surface area contributed by atoms with Crippen molar-refractivity contribution in [3.05, 3.63) is 57.9 Å². The summed E-state index contributed by atoms with van der Waals surface area (Å²) in [6.07, 6.45) is 2.06. The van der Waals surface area contributed by atoms with Crippen molar-refractivity contribution in [3.8, 4) is 11.5 Å². The largest absolute Gasteiger partial charge is 0.493 e. The summed E-state index contributed by atoms with van der Waals surface area (Å²) in [7, 11) is 1.61. The third-order valence-electron chi connectivity index (χ3n) is 4.40. The van der Waals surface area contributed by atoms with E-state index in [9.17, 15) is 4.79 Å². The molecule has 0 spiro atoms. The number of methoxy groups -OCH3 is 1. The zero-order valence-electron chi connectivity index (χ0n) is 16.8. The molecule has 0 saturated heterocycles. The lowest BCUT2D eigenvalue weighted by molar-refractivity contribution is 0.0981. The lowest BCUT2D eigenvalue weighted by atomic mass is 10.2. The molecule has 1 heterocycles. The fraction of sp³-hybridized carbons (Fsp3) is 0.273. The number of carbonyl (C=O) groups excluding carboxylic acids is 1. The predicted molar refractivity (Wildman–Crippen MR) is 127 cm³/mol. The maximum absolute atomic E-state index is 12.6. The van der Waals surface area contributed by atoms with Crippen LogP contribution in [0.5, 0.6) is 11.5 Å². The van der Waals surface area contributed by atoms with E-state index in [0.29, 0.717) is 34.6 Å². The molecule has 3 rings (SSSR count). The lowest BCUT2D eigenvalue weighted by Gasteiger charge is -2.13. The van der Waals surface area contributed by atoms with Crippen LogP contribution in [0.2, 0.25) is 5.02 Å². The van der Waals surface area contributed by atoms with Crippen LogP contribution in [0, 0.1) is 0 Å². The molecule has 0 unspecified atom stereocenters. The SMILES string of the molecule is CCCCOc1ccc(CNC(=S)NC(=O)c2sc3ccccc3c2Cl)cc1OC. The maximum atomic E-state index is 12.6. The Balaban J connectivity index is 1.58. The number of thiophene rings is 1. The molecule has 3 aromatic rings. The summed E-state index contributed by atoms with van der Waals surface area (Å²) in [6.45, 7) is 3.21. The van der Waals surface area contributed by atoms with Gasteiger partial charge in [0.05, 0.1) is 18.7 Å². The van der Waals surface area contributed by atoms with E-state index in [0.717, 1.165) is 28.5 Å². The van der Waals surface area contributed by atoms with Crippen molar-refractivity contribution >= 4 is 56.3 Å². The number of carbonyl (C=O) groups is 1. The summed E-state index contributed by atoms with van der Waals surface area (Å²) in [5, 5.41) is 7.27. The monoisotopic (exact) mass is 462 g/mol. The number of nitrogens with one attached hydrogen (secondary N) is 2. The second-order valence-corrected chi connectivity index (χ2v) is 8.40. The minimum absolute atomic E-state index is 0.232. The zero-order chi connectivity index (χ0) is 21.5. The molecule has 1 amide bonds. The van der Waals surface area contributed by atoms with Crippen molar-refractivity contribution < 1.29 is 14.3 Å². The summed E-state index contributed by atoms with van der Waals surface area (Å²) in [5.74, 6) is 1.05. The van der Waals surface area contributed by atoms with Crippen molar-refractivity contribution in [3.63, 3.8) is 0 Å². The van der Waals surface area contributed by atoms with E-state index >= 15 is 0 Å². The number of hydrogen-bond donors (Lipinski definition) is 2. The molecule has 0 saturated carbocycles. The van der Waals surface area contributed by atoms with Crippen LogP contribution in [0.25, 0.3) is 10.1 Å². The fourth-order valence-electron chi connectivity index (χ4n) is 2.81. The van der Waals surface area contributed by atoms with Crippen LogP contribution in [-0.4, -0.2) is 24.7 Å². The number of halogens is 1. The molecular formula is C22H23ClN2O3S2. The minimum Gasteiger partial charge on any atom is -0.493 e. The number of rotatable bonds is 8. The summed E-state index contributed by atoms with van der Waals surface area (Å²) in [4.78, 5) is 13.0. The van der Waals surface area contributed by atoms with Gasteiger partial charge >= 0.3 is 0 Å². The predicted octanol–water partition coefficient (Wildman–Crippen LogP) is 5.55. The highest BCUT2D eigenvalue weighted by Gasteiger charge is 2.17. The Morgan fingerprint density at radius 1 is 1.20 bits per heavy atom. The van der Waals surface area contributed by atoms with Gasteiger partial charge in [0, 0.05) is 16.6 Å². The number of thiocarbonyl (C=S) groups is 1. The van der Waals surface area contributed by atoms with E-state index in [1.807, 2.05) is 42.5 Å². The van der Waals surface area contributed by atoms with Gasteiger partial charge in [0.25, 0.3) is 5.91 Å². The highest BCUT2D eigenvalue weighted by Crippen LogP contribution is 2.35. The smallest absolute Gasteiger partial charge is 0.269 e. The van der Waals surface area contributed by atoms with Crippen LogP contribution in [-0.2, 0) is 6.54 Å². The third-order valence-corrected chi connectivity index (χ3v) is 6.33. The van der Waals surface area contributed by atoms with Gasteiger partial charge in [-0.05, 0) is 42.4 Å². The summed E-state index contributed by atoms with van der Waals surface area (Å²) in [5.41, 5.74) is 0.950. The van der Waals surface area contributed by atoms with E-state index in [1.165, 1.54) is 11.3 Å². The Hall–Kier alpha value is -2.35. The Morgan fingerprint density at radius 2 is 2.00 bits per heavy atom. The molecule has 2 aromatic carbocycles. The number of unbranched alkanes of at least 4 members (excludes halogenated alkanes) is 1. The average molecular weight is 463 g/mol. The topological polar surface area (TPSA) is 59.6 Å².